The summed E-state index contributed by atoms with van der Waals surface area (Å²) in [4.78, 5) is 12.6. The highest BCUT2D eigenvalue weighted by Crippen LogP contribution is 2.43. The molecule has 0 bridgehead atoms. The molecule has 0 radical (unpaired) electrons. The number of thiocarbonyl (C=S) groups is 1. The number of rotatable bonds is 1. The predicted molar refractivity (Wildman–Crippen MR) is 90.8 cm³/mol. The number of benzene rings is 2. The highest BCUT2D eigenvalue weighted by molar-refractivity contribution is 7.80. The van der Waals surface area contributed by atoms with Crippen molar-refractivity contribution in [3.63, 3.8) is 0 Å². The molecule has 0 saturated carbocycles. The van der Waals surface area contributed by atoms with Gasteiger partial charge in [-0.15, -0.1) is 0 Å². The van der Waals surface area contributed by atoms with Crippen molar-refractivity contribution in [3.05, 3.63) is 75.9 Å². The minimum Gasteiger partial charge on any atom is -0.351 e. The summed E-state index contributed by atoms with van der Waals surface area (Å²) >= 11 is 11.6. The molecule has 3 nitrogen and oxygen atoms in total. The van der Waals surface area contributed by atoms with Crippen molar-refractivity contribution in [2.75, 3.05) is 0 Å². The number of hydrogen-bond acceptors (Lipinski definition) is 2. The molecule has 1 atom stereocenters. The van der Waals surface area contributed by atoms with Crippen molar-refractivity contribution < 1.29 is 4.79 Å². The number of Topliss-reactive ketones (excluding diaryl/α,β-unsaturated/α-hetero) is 1. The van der Waals surface area contributed by atoms with Crippen LogP contribution in [0.5, 0.6) is 0 Å². The molecule has 0 unspecified atom stereocenters. The lowest BCUT2D eigenvalue weighted by atomic mass is 9.92. The van der Waals surface area contributed by atoms with Crippen LogP contribution >= 0.6 is 23.8 Å². The molecule has 1 aliphatic carbocycles. The van der Waals surface area contributed by atoms with Gasteiger partial charge < -0.3 is 10.6 Å². The van der Waals surface area contributed by atoms with Gasteiger partial charge in [-0.3, -0.25) is 4.79 Å². The number of fused-ring (bicyclic) bond motifs is 2. The van der Waals surface area contributed by atoms with Crippen molar-refractivity contribution in [2.45, 2.75) is 6.04 Å². The highest BCUT2D eigenvalue weighted by Gasteiger charge is 2.38. The van der Waals surface area contributed by atoms with Crippen molar-refractivity contribution in [2.24, 2.45) is 0 Å². The molecule has 0 spiro atoms. The van der Waals surface area contributed by atoms with Crippen LogP contribution in [0.2, 0.25) is 5.02 Å². The Balaban J connectivity index is 1.95. The van der Waals surface area contributed by atoms with Gasteiger partial charge in [-0.25, -0.2) is 0 Å². The van der Waals surface area contributed by atoms with Gasteiger partial charge in [0.1, 0.15) is 0 Å². The van der Waals surface area contributed by atoms with Crippen molar-refractivity contribution in [1.29, 1.82) is 0 Å². The molecule has 2 aliphatic rings. The van der Waals surface area contributed by atoms with Gasteiger partial charge in [0.15, 0.2) is 5.11 Å². The monoisotopic (exact) mass is 326 g/mol. The molecule has 4 rings (SSSR count). The maximum Gasteiger partial charge on any atom is 0.210 e. The van der Waals surface area contributed by atoms with E-state index in [1.165, 1.54) is 0 Å². The Morgan fingerprint density at radius 3 is 2.45 bits per heavy atom. The van der Waals surface area contributed by atoms with Crippen LogP contribution in [0.3, 0.4) is 0 Å². The van der Waals surface area contributed by atoms with E-state index in [0.29, 0.717) is 21.4 Å². The highest BCUT2D eigenvalue weighted by atomic mass is 35.5. The molecule has 0 fully saturated rings. The normalized spacial score (nSPS) is 19.4. The van der Waals surface area contributed by atoms with E-state index in [9.17, 15) is 4.79 Å². The van der Waals surface area contributed by atoms with Crippen molar-refractivity contribution in [1.82, 2.24) is 10.6 Å². The average Bonchev–Trinajstić information content (AvgIpc) is 2.81. The SMILES string of the molecule is O=C1C2=C(c3ccccc31)[C@H](c1ccccc1Cl)NC(=S)N2. The van der Waals surface area contributed by atoms with E-state index in [1.54, 1.807) is 0 Å². The Labute approximate surface area is 138 Å². The molecule has 2 aromatic rings. The Kier molecular flexibility index (Phi) is 3.03. The summed E-state index contributed by atoms with van der Waals surface area (Å²) in [5.41, 5.74) is 3.99. The molecular formula is C17H11ClN2OS. The Morgan fingerprint density at radius 1 is 1.00 bits per heavy atom. The van der Waals surface area contributed by atoms with E-state index in [-0.39, 0.29) is 11.8 Å². The number of carbonyl (C=O) groups excluding carboxylic acids is 1. The maximum absolute atomic E-state index is 12.6. The van der Waals surface area contributed by atoms with Crippen LogP contribution in [0.1, 0.15) is 27.5 Å². The van der Waals surface area contributed by atoms with Gasteiger partial charge in [0.2, 0.25) is 5.78 Å². The number of ketones is 1. The van der Waals surface area contributed by atoms with E-state index < -0.39 is 0 Å². The van der Waals surface area contributed by atoms with Gasteiger partial charge in [0, 0.05) is 16.2 Å². The molecule has 0 amide bonds. The van der Waals surface area contributed by atoms with E-state index >= 15 is 0 Å². The number of halogens is 1. The van der Waals surface area contributed by atoms with Crippen LogP contribution in [-0.2, 0) is 0 Å². The van der Waals surface area contributed by atoms with Crippen LogP contribution in [0.15, 0.2) is 54.2 Å². The minimum atomic E-state index is -0.231. The molecule has 108 valence electrons. The zero-order valence-electron chi connectivity index (χ0n) is 11.4. The lowest BCUT2D eigenvalue weighted by molar-refractivity contribution is 0.103. The molecule has 0 saturated heterocycles. The Morgan fingerprint density at radius 2 is 1.68 bits per heavy atom. The van der Waals surface area contributed by atoms with E-state index in [2.05, 4.69) is 10.6 Å². The van der Waals surface area contributed by atoms with Gasteiger partial charge in [0.25, 0.3) is 0 Å². The second-order valence-electron chi connectivity index (χ2n) is 5.22. The maximum atomic E-state index is 12.6. The third kappa shape index (κ3) is 1.88. The van der Waals surface area contributed by atoms with Gasteiger partial charge in [-0.1, -0.05) is 54.1 Å². The van der Waals surface area contributed by atoms with Crippen LogP contribution < -0.4 is 10.6 Å². The molecular weight excluding hydrogens is 316 g/mol. The molecule has 2 aromatic carbocycles. The molecule has 0 aromatic heterocycles. The van der Waals surface area contributed by atoms with E-state index in [1.807, 2.05) is 48.5 Å². The first-order chi connectivity index (χ1) is 10.7. The zero-order chi connectivity index (χ0) is 15.3. The summed E-state index contributed by atoms with van der Waals surface area (Å²) in [6, 6.07) is 15.0. The third-order valence-electron chi connectivity index (χ3n) is 3.98. The zero-order valence-corrected chi connectivity index (χ0v) is 13.0. The first-order valence-corrected chi connectivity index (χ1v) is 7.65. The molecule has 1 aliphatic heterocycles. The largest absolute Gasteiger partial charge is 0.351 e. The standard InChI is InChI=1S/C17H11ClN2OS/c18-12-8-4-3-7-11(12)14-13-9-5-1-2-6-10(9)16(21)15(13)20-17(22)19-14/h1-8,14H,(H2,19,20,22)/t14-/m0/s1. The molecule has 22 heavy (non-hydrogen) atoms. The van der Waals surface area contributed by atoms with Gasteiger partial charge in [0.05, 0.1) is 11.7 Å². The fourth-order valence-corrected chi connectivity index (χ4v) is 3.49. The first-order valence-electron chi connectivity index (χ1n) is 6.87. The summed E-state index contributed by atoms with van der Waals surface area (Å²) in [6.45, 7) is 0. The van der Waals surface area contributed by atoms with Gasteiger partial charge >= 0.3 is 0 Å². The number of hydrogen-bond donors (Lipinski definition) is 2. The Bertz CT molecular complexity index is 859. The topological polar surface area (TPSA) is 41.1 Å². The fourth-order valence-electron chi connectivity index (χ4n) is 3.03. The lowest BCUT2D eigenvalue weighted by Crippen LogP contribution is -2.43. The molecule has 5 heteroatoms. The summed E-state index contributed by atoms with van der Waals surface area (Å²) in [6.07, 6.45) is 0. The fraction of sp³-hybridized carbons (Fsp3) is 0.0588. The average molecular weight is 327 g/mol. The summed E-state index contributed by atoms with van der Waals surface area (Å²) in [5, 5.41) is 7.32. The summed E-state index contributed by atoms with van der Waals surface area (Å²) in [7, 11) is 0. The Hall–Kier alpha value is -2.17. The smallest absolute Gasteiger partial charge is 0.210 e. The third-order valence-corrected chi connectivity index (χ3v) is 4.54. The molecule has 1 heterocycles. The number of carbonyl (C=O) groups is 1. The van der Waals surface area contributed by atoms with Crippen molar-refractivity contribution >= 4 is 40.3 Å². The first kappa shape index (κ1) is 13.5. The van der Waals surface area contributed by atoms with E-state index in [0.717, 1.165) is 16.7 Å². The van der Waals surface area contributed by atoms with Gasteiger partial charge in [-0.2, -0.15) is 0 Å². The summed E-state index contributed by atoms with van der Waals surface area (Å²) in [5.74, 6) is -0.0218. The number of nitrogens with one attached hydrogen (secondary N) is 2. The van der Waals surface area contributed by atoms with Crippen LogP contribution in [0.25, 0.3) is 5.57 Å². The van der Waals surface area contributed by atoms with E-state index in [4.69, 9.17) is 23.8 Å². The van der Waals surface area contributed by atoms with Crippen LogP contribution in [0.4, 0.5) is 0 Å². The van der Waals surface area contributed by atoms with Crippen LogP contribution in [0, 0.1) is 0 Å². The predicted octanol–water partition coefficient (Wildman–Crippen LogP) is 3.47. The second kappa shape index (κ2) is 4.93. The second-order valence-corrected chi connectivity index (χ2v) is 6.03. The lowest BCUT2D eigenvalue weighted by Gasteiger charge is -2.29. The molecule has 2 N–H and O–H groups in total. The number of allylic oxidation sites excluding steroid dienone is 1. The quantitative estimate of drug-likeness (QED) is 0.787. The summed E-state index contributed by atoms with van der Waals surface area (Å²) < 4.78 is 0. The van der Waals surface area contributed by atoms with Crippen LogP contribution in [-0.4, -0.2) is 10.9 Å². The minimum absolute atomic E-state index is 0.0218. The van der Waals surface area contributed by atoms with Gasteiger partial charge in [-0.05, 0) is 29.4 Å². The van der Waals surface area contributed by atoms with Crippen molar-refractivity contribution in [3.8, 4) is 0 Å².